The average molecular weight is 169 g/mol. The van der Waals surface area contributed by atoms with Gasteiger partial charge in [0, 0.05) is 6.92 Å². The predicted molar refractivity (Wildman–Crippen MR) is 42.1 cm³/mol. The summed E-state index contributed by atoms with van der Waals surface area (Å²) < 4.78 is 4.80. The first kappa shape index (κ1) is 8.77. The first-order chi connectivity index (χ1) is 5.52. The molecule has 66 valence electrons. The molecule has 0 radical (unpaired) electrons. The van der Waals surface area contributed by atoms with Crippen LogP contribution < -0.4 is 5.32 Å². The quantitative estimate of drug-likeness (QED) is 0.350. The Morgan fingerprint density at radius 2 is 2.00 bits per heavy atom. The molecule has 1 heterocycles. The summed E-state index contributed by atoms with van der Waals surface area (Å²) in [6.07, 6.45) is -0.528. The second-order valence-corrected chi connectivity index (χ2v) is 2.88. The minimum atomic E-state index is -0.528. The maximum absolute atomic E-state index is 10.9. The molecular formula is C8H11NO3. The Bertz CT molecular complexity index is 263. The van der Waals surface area contributed by atoms with Crippen molar-refractivity contribution in [3.8, 4) is 0 Å². The van der Waals surface area contributed by atoms with Crippen molar-refractivity contribution in [3.05, 3.63) is 11.1 Å². The van der Waals surface area contributed by atoms with Gasteiger partial charge in [-0.1, -0.05) is 5.57 Å². The van der Waals surface area contributed by atoms with Crippen LogP contribution in [0, 0.1) is 0 Å². The van der Waals surface area contributed by atoms with E-state index in [-0.39, 0.29) is 5.91 Å². The molecule has 0 saturated carbocycles. The lowest BCUT2D eigenvalue weighted by molar-refractivity contribution is -0.152. The monoisotopic (exact) mass is 169 g/mol. The zero-order valence-corrected chi connectivity index (χ0v) is 7.30. The van der Waals surface area contributed by atoms with Gasteiger partial charge >= 0.3 is 5.97 Å². The number of β-lactam (4-membered cyclic amide) rings is 1. The standard InChI is InChI=1S/C8H11NO3/c1-4(2)6-7(11)9-8(6)12-5(3)10/h8H,1-3H3,(H,9,11). The number of nitrogens with one attached hydrogen (secondary N) is 1. The third-order valence-electron chi connectivity index (χ3n) is 1.59. The van der Waals surface area contributed by atoms with E-state index >= 15 is 0 Å². The minimum Gasteiger partial charge on any atom is -0.437 e. The Hall–Kier alpha value is -1.32. The fourth-order valence-electron chi connectivity index (χ4n) is 1.05. The van der Waals surface area contributed by atoms with Gasteiger partial charge in [-0.3, -0.25) is 9.59 Å². The highest BCUT2D eigenvalue weighted by atomic mass is 16.6. The summed E-state index contributed by atoms with van der Waals surface area (Å²) in [4.78, 5) is 21.4. The van der Waals surface area contributed by atoms with Crippen molar-refractivity contribution < 1.29 is 14.3 Å². The Kier molecular flexibility index (Phi) is 2.17. The fourth-order valence-corrected chi connectivity index (χ4v) is 1.05. The van der Waals surface area contributed by atoms with Gasteiger partial charge in [-0.25, -0.2) is 0 Å². The highest BCUT2D eigenvalue weighted by Gasteiger charge is 2.35. The van der Waals surface area contributed by atoms with Gasteiger partial charge in [-0.05, 0) is 13.8 Å². The van der Waals surface area contributed by atoms with Crippen LogP contribution in [0.25, 0.3) is 0 Å². The summed E-state index contributed by atoms with van der Waals surface area (Å²) in [5.74, 6) is -0.542. The second-order valence-electron chi connectivity index (χ2n) is 2.88. The van der Waals surface area contributed by atoms with Crippen molar-refractivity contribution in [2.45, 2.75) is 27.0 Å². The molecule has 1 atom stereocenters. The molecule has 1 fully saturated rings. The van der Waals surface area contributed by atoms with E-state index in [2.05, 4.69) is 5.32 Å². The van der Waals surface area contributed by atoms with Gasteiger partial charge in [0.15, 0.2) is 0 Å². The van der Waals surface area contributed by atoms with Crippen molar-refractivity contribution >= 4 is 11.9 Å². The summed E-state index contributed by atoms with van der Waals surface area (Å²) in [5, 5.41) is 2.47. The molecule has 0 aliphatic carbocycles. The average Bonchev–Trinajstić information content (AvgIpc) is 1.82. The first-order valence-electron chi connectivity index (χ1n) is 3.68. The number of ether oxygens (including phenoxy) is 1. The molecule has 0 aromatic rings. The second kappa shape index (κ2) is 2.97. The Morgan fingerprint density at radius 1 is 1.42 bits per heavy atom. The third kappa shape index (κ3) is 1.47. The fraction of sp³-hybridized carbons (Fsp3) is 0.500. The third-order valence-corrected chi connectivity index (χ3v) is 1.59. The number of rotatable bonds is 1. The van der Waals surface area contributed by atoms with E-state index in [4.69, 9.17) is 4.74 Å². The molecule has 1 unspecified atom stereocenters. The van der Waals surface area contributed by atoms with E-state index in [1.807, 2.05) is 13.8 Å². The van der Waals surface area contributed by atoms with E-state index in [1.54, 1.807) is 0 Å². The van der Waals surface area contributed by atoms with Gasteiger partial charge < -0.3 is 10.1 Å². The molecule has 4 nitrogen and oxygen atoms in total. The smallest absolute Gasteiger partial charge is 0.304 e. The molecule has 1 aliphatic heterocycles. The van der Waals surface area contributed by atoms with Crippen molar-refractivity contribution in [2.24, 2.45) is 0 Å². The van der Waals surface area contributed by atoms with Crippen LogP contribution in [0.3, 0.4) is 0 Å². The largest absolute Gasteiger partial charge is 0.437 e. The zero-order valence-electron chi connectivity index (χ0n) is 7.30. The maximum Gasteiger partial charge on any atom is 0.304 e. The summed E-state index contributed by atoms with van der Waals surface area (Å²) in [6, 6.07) is 0. The predicted octanol–water partition coefficient (Wildman–Crippen LogP) is 0.342. The van der Waals surface area contributed by atoms with Crippen LogP contribution in [-0.4, -0.2) is 18.1 Å². The molecule has 1 amide bonds. The highest BCUT2D eigenvalue weighted by molar-refractivity contribution is 6.02. The van der Waals surface area contributed by atoms with Gasteiger partial charge in [-0.2, -0.15) is 0 Å². The van der Waals surface area contributed by atoms with Crippen LogP contribution in [0.15, 0.2) is 11.1 Å². The number of amides is 1. The van der Waals surface area contributed by atoms with Crippen molar-refractivity contribution in [2.75, 3.05) is 0 Å². The lowest BCUT2D eigenvalue weighted by atomic mass is 10.0. The van der Waals surface area contributed by atoms with E-state index in [0.29, 0.717) is 5.57 Å². The van der Waals surface area contributed by atoms with Crippen LogP contribution in [0.5, 0.6) is 0 Å². The molecule has 1 aliphatic rings. The Balaban J connectivity index is 2.68. The zero-order chi connectivity index (χ0) is 9.30. The molecule has 0 aromatic heterocycles. The van der Waals surface area contributed by atoms with Crippen LogP contribution in [0.1, 0.15) is 20.8 Å². The van der Waals surface area contributed by atoms with E-state index in [9.17, 15) is 9.59 Å². The van der Waals surface area contributed by atoms with E-state index in [1.165, 1.54) is 6.92 Å². The number of hydrogen-bond donors (Lipinski definition) is 1. The summed E-state index contributed by atoms with van der Waals surface area (Å²) in [7, 11) is 0. The molecule has 4 heteroatoms. The van der Waals surface area contributed by atoms with E-state index < -0.39 is 12.2 Å². The lowest BCUT2D eigenvalue weighted by Gasteiger charge is -2.30. The summed E-state index contributed by atoms with van der Waals surface area (Å²) >= 11 is 0. The van der Waals surface area contributed by atoms with Gasteiger partial charge in [0.05, 0.1) is 5.57 Å². The van der Waals surface area contributed by atoms with Crippen LogP contribution in [0.2, 0.25) is 0 Å². The molecule has 1 rings (SSSR count). The lowest BCUT2D eigenvalue weighted by Crippen LogP contribution is -2.54. The molecule has 0 spiro atoms. The van der Waals surface area contributed by atoms with Gasteiger partial charge in [0.1, 0.15) is 0 Å². The van der Waals surface area contributed by atoms with Crippen LogP contribution in [-0.2, 0) is 14.3 Å². The molecule has 0 aromatic carbocycles. The normalized spacial score (nSPS) is 21.1. The Morgan fingerprint density at radius 3 is 2.33 bits per heavy atom. The SMILES string of the molecule is CC(=O)OC1NC(=O)C1=C(C)C. The number of carbonyl (C=O) groups excluding carboxylic acids is 2. The summed E-state index contributed by atoms with van der Waals surface area (Å²) in [6.45, 7) is 4.93. The maximum atomic E-state index is 10.9. The van der Waals surface area contributed by atoms with Gasteiger partial charge in [-0.15, -0.1) is 0 Å². The number of esters is 1. The van der Waals surface area contributed by atoms with Crippen LogP contribution >= 0.6 is 0 Å². The topological polar surface area (TPSA) is 55.4 Å². The first-order valence-corrected chi connectivity index (χ1v) is 3.68. The number of carbonyl (C=O) groups is 2. The molecule has 1 N–H and O–H groups in total. The minimum absolute atomic E-state index is 0.152. The highest BCUT2D eigenvalue weighted by Crippen LogP contribution is 2.18. The summed E-state index contributed by atoms with van der Waals surface area (Å²) in [5.41, 5.74) is 1.44. The number of hydrogen-bond acceptors (Lipinski definition) is 3. The van der Waals surface area contributed by atoms with E-state index in [0.717, 1.165) is 5.57 Å². The molecule has 12 heavy (non-hydrogen) atoms. The number of allylic oxidation sites excluding steroid dienone is 1. The van der Waals surface area contributed by atoms with Crippen LogP contribution in [0.4, 0.5) is 0 Å². The van der Waals surface area contributed by atoms with Crippen molar-refractivity contribution in [1.29, 1.82) is 0 Å². The van der Waals surface area contributed by atoms with Crippen molar-refractivity contribution in [1.82, 2.24) is 5.32 Å². The molecule has 0 bridgehead atoms. The van der Waals surface area contributed by atoms with Crippen molar-refractivity contribution in [3.63, 3.8) is 0 Å². The van der Waals surface area contributed by atoms with Gasteiger partial charge in [0.2, 0.25) is 6.23 Å². The molecule has 1 saturated heterocycles. The Labute approximate surface area is 70.6 Å². The van der Waals surface area contributed by atoms with Gasteiger partial charge in [0.25, 0.3) is 5.91 Å². The molecular weight excluding hydrogens is 158 g/mol.